The molecule has 1 aliphatic heterocycles. The van der Waals surface area contributed by atoms with Gasteiger partial charge in [-0.3, -0.25) is 4.90 Å². The number of aliphatic hydroxyl groups excluding tert-OH is 1. The highest BCUT2D eigenvalue weighted by Crippen LogP contribution is 2.17. The Morgan fingerprint density at radius 2 is 1.68 bits per heavy atom. The predicted molar refractivity (Wildman–Crippen MR) is 127 cm³/mol. The van der Waals surface area contributed by atoms with Crippen LogP contribution in [0.25, 0.3) is 0 Å². The van der Waals surface area contributed by atoms with E-state index in [0.29, 0.717) is 12.6 Å². The summed E-state index contributed by atoms with van der Waals surface area (Å²) in [5.74, 6) is 0.945. The molecule has 3 rings (SSSR count). The van der Waals surface area contributed by atoms with Gasteiger partial charge in [-0.25, -0.2) is 4.99 Å². The van der Waals surface area contributed by atoms with Gasteiger partial charge >= 0.3 is 0 Å². The van der Waals surface area contributed by atoms with E-state index in [2.05, 4.69) is 46.7 Å². The summed E-state index contributed by atoms with van der Waals surface area (Å²) < 4.78 is 0. The van der Waals surface area contributed by atoms with Crippen molar-refractivity contribution in [2.24, 2.45) is 4.99 Å². The zero-order valence-electron chi connectivity index (χ0n) is 17.2. The minimum Gasteiger partial charge on any atom is -0.393 e. The zero-order valence-corrected chi connectivity index (χ0v) is 19.5. The summed E-state index contributed by atoms with van der Waals surface area (Å²) in [6, 6.07) is 9.40. The smallest absolute Gasteiger partial charge is 0.191 e. The van der Waals surface area contributed by atoms with E-state index in [1.807, 2.05) is 0 Å². The van der Waals surface area contributed by atoms with E-state index in [0.717, 1.165) is 45.0 Å². The average molecular weight is 500 g/mol. The van der Waals surface area contributed by atoms with Crippen LogP contribution in [0.15, 0.2) is 29.3 Å². The second-order valence-electron chi connectivity index (χ2n) is 8.00. The number of aliphatic imine (C=N–C) groups is 1. The minimum atomic E-state index is -0.102. The molecule has 1 aliphatic carbocycles. The number of likely N-dealkylation sites (tertiary alicyclic amines) is 1. The molecule has 0 radical (unpaired) electrons. The molecule has 158 valence electrons. The van der Waals surface area contributed by atoms with Crippen molar-refractivity contribution in [2.45, 2.75) is 77.1 Å². The fraction of sp³-hybridized carbons (Fsp3) is 0.682. The summed E-state index contributed by atoms with van der Waals surface area (Å²) in [5, 5.41) is 16.6. The van der Waals surface area contributed by atoms with Crippen LogP contribution in [-0.4, -0.2) is 47.7 Å². The molecule has 28 heavy (non-hydrogen) atoms. The van der Waals surface area contributed by atoms with Gasteiger partial charge in [-0.2, -0.15) is 0 Å². The van der Waals surface area contributed by atoms with Crippen molar-refractivity contribution in [3.8, 4) is 0 Å². The van der Waals surface area contributed by atoms with E-state index in [-0.39, 0.29) is 30.1 Å². The third-order valence-electron chi connectivity index (χ3n) is 5.70. The van der Waals surface area contributed by atoms with Crippen LogP contribution < -0.4 is 10.6 Å². The van der Waals surface area contributed by atoms with E-state index in [1.54, 1.807) is 0 Å². The van der Waals surface area contributed by atoms with Crippen molar-refractivity contribution < 1.29 is 5.11 Å². The van der Waals surface area contributed by atoms with Gasteiger partial charge in [0.25, 0.3) is 0 Å². The van der Waals surface area contributed by atoms with Crippen molar-refractivity contribution in [3.63, 3.8) is 0 Å². The van der Waals surface area contributed by atoms with E-state index in [1.165, 1.54) is 43.2 Å². The van der Waals surface area contributed by atoms with Gasteiger partial charge in [0.1, 0.15) is 0 Å². The van der Waals surface area contributed by atoms with Crippen LogP contribution in [0.5, 0.6) is 0 Å². The molecule has 0 spiro atoms. The second-order valence-corrected chi connectivity index (χ2v) is 8.00. The van der Waals surface area contributed by atoms with Gasteiger partial charge in [0.05, 0.1) is 12.6 Å². The molecule has 1 aromatic carbocycles. The number of hydrogen-bond acceptors (Lipinski definition) is 3. The van der Waals surface area contributed by atoms with Crippen LogP contribution in [0.4, 0.5) is 0 Å². The quantitative estimate of drug-likeness (QED) is 0.317. The summed E-state index contributed by atoms with van der Waals surface area (Å²) in [7, 11) is 0. The number of hydrogen-bond donors (Lipinski definition) is 3. The number of rotatable bonds is 6. The van der Waals surface area contributed by atoms with Crippen LogP contribution in [-0.2, 0) is 13.1 Å². The molecule has 6 heteroatoms. The highest BCUT2D eigenvalue weighted by molar-refractivity contribution is 14.0. The first-order valence-corrected chi connectivity index (χ1v) is 10.8. The molecule has 1 saturated heterocycles. The number of guanidine groups is 1. The molecule has 2 fully saturated rings. The monoisotopic (exact) mass is 500 g/mol. The number of benzene rings is 1. The summed E-state index contributed by atoms with van der Waals surface area (Å²) in [5.41, 5.74) is 2.58. The fourth-order valence-corrected chi connectivity index (χ4v) is 4.02. The lowest BCUT2D eigenvalue weighted by Gasteiger charge is -2.29. The Morgan fingerprint density at radius 1 is 1.04 bits per heavy atom. The molecule has 5 nitrogen and oxygen atoms in total. The zero-order chi connectivity index (χ0) is 18.9. The maximum Gasteiger partial charge on any atom is 0.191 e. The van der Waals surface area contributed by atoms with Crippen LogP contribution in [0.3, 0.4) is 0 Å². The molecule has 0 aromatic heterocycles. The lowest BCUT2D eigenvalue weighted by atomic mass is 9.96. The molecule has 0 bridgehead atoms. The molecular formula is C22H37IN4O. The molecule has 0 unspecified atom stereocenters. The first kappa shape index (κ1) is 23.4. The lowest BCUT2D eigenvalue weighted by molar-refractivity contribution is 0.0792. The standard InChI is InChI=1S/C22H36N4O.HI/c1-2-23-22(25-20-6-4-3-5-7-20)24-16-18-8-10-19(11-9-18)17-26-14-12-21(27)13-15-26;/h8-11,20-21,27H,2-7,12-17H2,1H3,(H2,23,24,25);1H. The average Bonchev–Trinajstić information content (AvgIpc) is 2.70. The van der Waals surface area contributed by atoms with E-state index < -0.39 is 0 Å². The van der Waals surface area contributed by atoms with Gasteiger partial charge < -0.3 is 15.7 Å². The number of halogens is 1. The van der Waals surface area contributed by atoms with Gasteiger partial charge in [0.15, 0.2) is 5.96 Å². The number of nitrogens with one attached hydrogen (secondary N) is 2. The lowest BCUT2D eigenvalue weighted by Crippen LogP contribution is -2.44. The maximum atomic E-state index is 9.63. The van der Waals surface area contributed by atoms with E-state index in [4.69, 9.17) is 4.99 Å². The highest BCUT2D eigenvalue weighted by Gasteiger charge is 2.17. The number of nitrogens with zero attached hydrogens (tertiary/aromatic N) is 2. The first-order valence-electron chi connectivity index (χ1n) is 10.8. The van der Waals surface area contributed by atoms with Gasteiger partial charge in [-0.05, 0) is 43.7 Å². The van der Waals surface area contributed by atoms with Crippen molar-refractivity contribution in [1.29, 1.82) is 0 Å². The summed E-state index contributed by atoms with van der Waals surface area (Å²) in [4.78, 5) is 7.22. The molecule has 0 amide bonds. The van der Waals surface area contributed by atoms with Crippen LogP contribution in [0.2, 0.25) is 0 Å². The van der Waals surface area contributed by atoms with Crippen LogP contribution >= 0.6 is 24.0 Å². The van der Waals surface area contributed by atoms with Gasteiger partial charge in [0.2, 0.25) is 0 Å². The molecule has 1 heterocycles. The Labute approximate surface area is 187 Å². The largest absolute Gasteiger partial charge is 0.393 e. The summed E-state index contributed by atoms with van der Waals surface area (Å²) >= 11 is 0. The Bertz CT molecular complexity index is 579. The van der Waals surface area contributed by atoms with Crippen LogP contribution in [0.1, 0.15) is 63.0 Å². The highest BCUT2D eigenvalue weighted by atomic mass is 127. The number of piperidine rings is 1. The third-order valence-corrected chi connectivity index (χ3v) is 5.70. The Hall–Kier alpha value is -0.860. The summed E-state index contributed by atoms with van der Waals surface area (Å²) in [6.45, 7) is 6.67. The van der Waals surface area contributed by atoms with Crippen molar-refractivity contribution in [2.75, 3.05) is 19.6 Å². The topological polar surface area (TPSA) is 59.9 Å². The Morgan fingerprint density at radius 3 is 2.32 bits per heavy atom. The van der Waals surface area contributed by atoms with Crippen molar-refractivity contribution in [1.82, 2.24) is 15.5 Å². The van der Waals surface area contributed by atoms with Crippen molar-refractivity contribution in [3.05, 3.63) is 35.4 Å². The summed E-state index contributed by atoms with van der Waals surface area (Å²) in [6.07, 6.45) is 8.23. The van der Waals surface area contributed by atoms with E-state index >= 15 is 0 Å². The SMILES string of the molecule is CCNC(=NCc1ccc(CN2CCC(O)CC2)cc1)NC1CCCCC1.I. The predicted octanol–water partition coefficient (Wildman–Crippen LogP) is 3.65. The third kappa shape index (κ3) is 7.87. The molecule has 1 saturated carbocycles. The Kier molecular flexibility index (Phi) is 10.6. The normalized spacial score (nSPS) is 19.9. The molecular weight excluding hydrogens is 463 g/mol. The van der Waals surface area contributed by atoms with Gasteiger partial charge in [-0.15, -0.1) is 24.0 Å². The minimum absolute atomic E-state index is 0. The Balaban J connectivity index is 0.00000280. The van der Waals surface area contributed by atoms with Gasteiger partial charge in [0, 0.05) is 32.2 Å². The molecule has 3 N–H and O–H groups in total. The van der Waals surface area contributed by atoms with Crippen molar-refractivity contribution >= 4 is 29.9 Å². The van der Waals surface area contributed by atoms with Crippen LogP contribution in [0, 0.1) is 0 Å². The fourth-order valence-electron chi connectivity index (χ4n) is 4.02. The first-order chi connectivity index (χ1) is 13.2. The van der Waals surface area contributed by atoms with E-state index in [9.17, 15) is 5.11 Å². The molecule has 0 atom stereocenters. The maximum absolute atomic E-state index is 9.63. The molecule has 1 aromatic rings. The van der Waals surface area contributed by atoms with Gasteiger partial charge in [-0.1, -0.05) is 43.5 Å². The number of aliphatic hydroxyl groups is 1. The molecule has 2 aliphatic rings. The second kappa shape index (κ2) is 12.6.